The number of hydrogen-bond acceptors (Lipinski definition) is 1. The summed E-state index contributed by atoms with van der Waals surface area (Å²) in [7, 11) is 0. The molecule has 86 valence electrons. The van der Waals surface area contributed by atoms with Crippen molar-refractivity contribution in [1.29, 1.82) is 5.41 Å². The van der Waals surface area contributed by atoms with Crippen molar-refractivity contribution in [3.05, 3.63) is 34.9 Å². The zero-order chi connectivity index (χ0) is 11.8. The molecule has 0 saturated carbocycles. The number of aryl methyl sites for hydroxylation is 1. The number of amidine groups is 1. The highest BCUT2D eigenvalue weighted by molar-refractivity contribution is 5.88. The van der Waals surface area contributed by atoms with E-state index in [1.807, 2.05) is 13.8 Å². The first-order valence-corrected chi connectivity index (χ1v) is 5.99. The van der Waals surface area contributed by atoms with Crippen LogP contribution in [0.3, 0.4) is 0 Å². The van der Waals surface area contributed by atoms with E-state index in [9.17, 15) is 0 Å². The van der Waals surface area contributed by atoms with Crippen LogP contribution in [0.1, 0.15) is 43.4 Å². The molecule has 0 aliphatic heterocycles. The first kappa shape index (κ1) is 11.2. The molecule has 1 aliphatic rings. The van der Waals surface area contributed by atoms with Gasteiger partial charge in [0.1, 0.15) is 5.84 Å². The van der Waals surface area contributed by atoms with Gasteiger partial charge in [-0.05, 0) is 56.2 Å². The number of benzene rings is 1. The average Bonchev–Trinajstić information content (AvgIpc) is 2.28. The molecule has 2 rings (SSSR count). The minimum absolute atomic E-state index is 0.256. The summed E-state index contributed by atoms with van der Waals surface area (Å²) in [5.74, 6) is 0.256. The Kier molecular flexibility index (Phi) is 2.75. The van der Waals surface area contributed by atoms with Crippen LogP contribution in [0, 0.1) is 5.41 Å². The summed E-state index contributed by atoms with van der Waals surface area (Å²) in [4.78, 5) is 0. The normalized spacial score (nSPS) is 15.6. The van der Waals surface area contributed by atoms with Gasteiger partial charge >= 0.3 is 0 Å². The molecule has 0 atom stereocenters. The van der Waals surface area contributed by atoms with Crippen molar-refractivity contribution in [3.63, 3.8) is 0 Å². The van der Waals surface area contributed by atoms with Gasteiger partial charge in [-0.25, -0.2) is 0 Å². The lowest BCUT2D eigenvalue weighted by atomic mass is 9.76. The summed E-state index contributed by atoms with van der Waals surface area (Å²) < 4.78 is 0. The van der Waals surface area contributed by atoms with Crippen LogP contribution in [-0.4, -0.2) is 5.84 Å². The molecule has 0 heterocycles. The zero-order valence-electron chi connectivity index (χ0n) is 10.1. The van der Waals surface area contributed by atoms with Crippen LogP contribution in [0.2, 0.25) is 0 Å². The van der Waals surface area contributed by atoms with E-state index < -0.39 is 0 Å². The van der Waals surface area contributed by atoms with Crippen molar-refractivity contribution in [3.8, 4) is 0 Å². The minimum Gasteiger partial charge on any atom is -0.387 e. The van der Waals surface area contributed by atoms with Gasteiger partial charge in [0.25, 0.3) is 0 Å². The molecule has 1 aromatic rings. The molecular weight excluding hydrogens is 196 g/mol. The molecule has 0 radical (unpaired) electrons. The molecular formula is C14H20N2. The van der Waals surface area contributed by atoms with E-state index in [2.05, 4.69) is 18.2 Å². The van der Waals surface area contributed by atoms with Crippen LogP contribution < -0.4 is 5.73 Å². The summed E-state index contributed by atoms with van der Waals surface area (Å²) in [5, 5.41) is 7.73. The smallest absolute Gasteiger partial charge is 0.101 e. The summed E-state index contributed by atoms with van der Waals surface area (Å²) in [6, 6.07) is 6.45. The molecule has 0 saturated heterocycles. The molecule has 0 amide bonds. The lowest BCUT2D eigenvalue weighted by Gasteiger charge is -2.29. The molecule has 0 spiro atoms. The highest BCUT2D eigenvalue weighted by Gasteiger charge is 2.28. The van der Waals surface area contributed by atoms with Gasteiger partial charge in [-0.15, -0.1) is 0 Å². The standard InChI is InChI=1S/C14H20N2/c1-14(2,13(15)16)12-9-5-7-10-6-3-4-8-11(10)12/h5,7,9H,3-4,6,8H2,1-2H3,(H3,15,16). The summed E-state index contributed by atoms with van der Waals surface area (Å²) >= 11 is 0. The van der Waals surface area contributed by atoms with Crippen molar-refractivity contribution in [2.45, 2.75) is 44.9 Å². The van der Waals surface area contributed by atoms with Gasteiger partial charge in [-0.3, -0.25) is 5.41 Å². The Morgan fingerprint density at radius 2 is 1.94 bits per heavy atom. The van der Waals surface area contributed by atoms with Crippen molar-refractivity contribution >= 4 is 5.84 Å². The van der Waals surface area contributed by atoms with E-state index in [0.29, 0.717) is 0 Å². The largest absolute Gasteiger partial charge is 0.387 e. The predicted molar refractivity (Wildman–Crippen MR) is 68.0 cm³/mol. The van der Waals surface area contributed by atoms with E-state index in [1.54, 1.807) is 0 Å². The second-order valence-electron chi connectivity index (χ2n) is 5.19. The summed E-state index contributed by atoms with van der Waals surface area (Å²) in [5.41, 5.74) is 9.53. The number of nitrogens with one attached hydrogen (secondary N) is 1. The number of rotatable bonds is 2. The first-order valence-electron chi connectivity index (χ1n) is 5.99. The van der Waals surface area contributed by atoms with E-state index in [0.717, 1.165) is 6.42 Å². The second kappa shape index (κ2) is 3.93. The topological polar surface area (TPSA) is 49.9 Å². The average molecular weight is 216 g/mol. The molecule has 2 nitrogen and oxygen atoms in total. The molecule has 0 bridgehead atoms. The number of nitrogens with two attached hydrogens (primary N) is 1. The SMILES string of the molecule is CC(C)(C(=N)N)c1cccc2c1CCCC2. The van der Waals surface area contributed by atoms with Gasteiger partial charge in [0.15, 0.2) is 0 Å². The van der Waals surface area contributed by atoms with Gasteiger partial charge in [0, 0.05) is 5.41 Å². The molecule has 1 aromatic carbocycles. The predicted octanol–water partition coefficient (Wildman–Crippen LogP) is 2.78. The third kappa shape index (κ3) is 1.73. The Morgan fingerprint density at radius 1 is 1.25 bits per heavy atom. The number of fused-ring (bicyclic) bond motifs is 1. The summed E-state index contributed by atoms with van der Waals surface area (Å²) in [6.07, 6.45) is 4.87. The third-order valence-corrected chi connectivity index (χ3v) is 3.74. The van der Waals surface area contributed by atoms with Crippen LogP contribution in [0.4, 0.5) is 0 Å². The molecule has 3 N–H and O–H groups in total. The lowest BCUT2D eigenvalue weighted by molar-refractivity contribution is 0.641. The quantitative estimate of drug-likeness (QED) is 0.579. The maximum absolute atomic E-state index is 7.73. The highest BCUT2D eigenvalue weighted by atomic mass is 14.7. The van der Waals surface area contributed by atoms with Gasteiger partial charge in [-0.2, -0.15) is 0 Å². The van der Waals surface area contributed by atoms with Crippen molar-refractivity contribution in [2.24, 2.45) is 5.73 Å². The fraction of sp³-hybridized carbons (Fsp3) is 0.500. The second-order valence-corrected chi connectivity index (χ2v) is 5.19. The van der Waals surface area contributed by atoms with Gasteiger partial charge < -0.3 is 5.73 Å². The van der Waals surface area contributed by atoms with E-state index in [4.69, 9.17) is 11.1 Å². The Bertz CT molecular complexity index is 419. The van der Waals surface area contributed by atoms with Crippen molar-refractivity contribution in [1.82, 2.24) is 0 Å². The summed E-state index contributed by atoms with van der Waals surface area (Å²) in [6.45, 7) is 4.08. The van der Waals surface area contributed by atoms with Gasteiger partial charge in [0.2, 0.25) is 0 Å². The van der Waals surface area contributed by atoms with Crippen LogP contribution in [0.25, 0.3) is 0 Å². The molecule has 0 unspecified atom stereocenters. The Hall–Kier alpha value is -1.31. The molecule has 2 heteroatoms. The molecule has 16 heavy (non-hydrogen) atoms. The minimum atomic E-state index is -0.331. The fourth-order valence-electron chi connectivity index (χ4n) is 2.51. The Morgan fingerprint density at radius 3 is 2.62 bits per heavy atom. The van der Waals surface area contributed by atoms with E-state index in [-0.39, 0.29) is 11.3 Å². The molecule has 1 aliphatic carbocycles. The maximum atomic E-state index is 7.73. The monoisotopic (exact) mass is 216 g/mol. The van der Waals surface area contributed by atoms with Crippen LogP contribution in [0.15, 0.2) is 18.2 Å². The lowest BCUT2D eigenvalue weighted by Crippen LogP contribution is -2.36. The highest BCUT2D eigenvalue weighted by Crippen LogP contribution is 2.32. The van der Waals surface area contributed by atoms with Crippen molar-refractivity contribution < 1.29 is 0 Å². The van der Waals surface area contributed by atoms with Crippen LogP contribution in [0.5, 0.6) is 0 Å². The maximum Gasteiger partial charge on any atom is 0.101 e. The van der Waals surface area contributed by atoms with E-state index >= 15 is 0 Å². The van der Waals surface area contributed by atoms with Crippen LogP contribution in [-0.2, 0) is 18.3 Å². The number of hydrogen-bond donors (Lipinski definition) is 2. The molecule has 0 aromatic heterocycles. The zero-order valence-corrected chi connectivity index (χ0v) is 10.1. The van der Waals surface area contributed by atoms with Gasteiger partial charge in [0.05, 0.1) is 0 Å². The van der Waals surface area contributed by atoms with E-state index in [1.165, 1.54) is 36.0 Å². The Labute approximate surface area is 97.4 Å². The van der Waals surface area contributed by atoms with Crippen molar-refractivity contribution in [2.75, 3.05) is 0 Å². The van der Waals surface area contributed by atoms with Gasteiger partial charge in [-0.1, -0.05) is 18.2 Å². The first-order chi connectivity index (χ1) is 7.53. The third-order valence-electron chi connectivity index (χ3n) is 3.74. The Balaban J connectivity index is 2.53. The fourth-order valence-corrected chi connectivity index (χ4v) is 2.51. The molecule has 0 fully saturated rings. The van der Waals surface area contributed by atoms with Crippen LogP contribution >= 0.6 is 0 Å².